The van der Waals surface area contributed by atoms with Crippen molar-refractivity contribution in [1.82, 2.24) is 4.98 Å². The van der Waals surface area contributed by atoms with E-state index in [0.717, 1.165) is 11.3 Å². The average molecular weight is 366 g/mol. The van der Waals surface area contributed by atoms with Gasteiger partial charge in [0, 0.05) is 6.20 Å². The topological polar surface area (TPSA) is 68.3 Å². The summed E-state index contributed by atoms with van der Waals surface area (Å²) in [5, 5.41) is 0. The van der Waals surface area contributed by atoms with Crippen molar-refractivity contribution in [2.75, 3.05) is 11.8 Å². The molecule has 0 aliphatic carbocycles. The molecule has 3 rings (SSSR count). The molecule has 2 aromatic carbocycles. The number of ether oxygens (including phenoxy) is 1. The second kappa shape index (κ2) is 7.84. The summed E-state index contributed by atoms with van der Waals surface area (Å²) in [4.78, 5) is 4.39. The standard InChI is InChI=1S/C20H18N2O3S/c1-25-18-11-13-19(14-12-18)26(23,24)22-20-8-3-2-6-16(20)9-10-17-7-4-5-15-21-17/h2-15,22H,1H3/b10-9+. The van der Waals surface area contributed by atoms with E-state index in [0.29, 0.717) is 11.4 Å². The number of pyridine rings is 1. The zero-order valence-corrected chi connectivity index (χ0v) is 15.0. The molecule has 0 amide bonds. The summed E-state index contributed by atoms with van der Waals surface area (Å²) in [7, 11) is -2.17. The Balaban J connectivity index is 1.86. The average Bonchev–Trinajstić information content (AvgIpc) is 2.68. The van der Waals surface area contributed by atoms with E-state index in [1.807, 2.05) is 42.5 Å². The van der Waals surface area contributed by atoms with Gasteiger partial charge in [-0.2, -0.15) is 0 Å². The Morgan fingerprint density at radius 1 is 0.923 bits per heavy atom. The minimum atomic E-state index is -3.70. The van der Waals surface area contributed by atoms with E-state index in [1.54, 1.807) is 30.5 Å². The highest BCUT2D eigenvalue weighted by Crippen LogP contribution is 2.23. The summed E-state index contributed by atoms with van der Waals surface area (Å²) in [5.74, 6) is 0.600. The van der Waals surface area contributed by atoms with Gasteiger partial charge in [-0.15, -0.1) is 0 Å². The van der Waals surface area contributed by atoms with Gasteiger partial charge in [-0.25, -0.2) is 8.42 Å². The van der Waals surface area contributed by atoms with Crippen LogP contribution < -0.4 is 9.46 Å². The van der Waals surface area contributed by atoms with Crippen molar-refractivity contribution in [3.8, 4) is 5.75 Å². The first kappa shape index (κ1) is 17.7. The van der Waals surface area contributed by atoms with Crippen LogP contribution in [0.5, 0.6) is 5.75 Å². The van der Waals surface area contributed by atoms with Crippen LogP contribution in [0, 0.1) is 0 Å². The van der Waals surface area contributed by atoms with Gasteiger partial charge >= 0.3 is 0 Å². The molecule has 0 saturated carbocycles. The Morgan fingerprint density at radius 3 is 2.35 bits per heavy atom. The van der Waals surface area contributed by atoms with E-state index in [1.165, 1.54) is 19.2 Å². The van der Waals surface area contributed by atoms with E-state index in [2.05, 4.69) is 9.71 Å². The summed E-state index contributed by atoms with van der Waals surface area (Å²) in [5.41, 5.74) is 2.03. The molecule has 132 valence electrons. The molecule has 0 radical (unpaired) electrons. The van der Waals surface area contributed by atoms with E-state index in [-0.39, 0.29) is 4.90 Å². The third-order valence-corrected chi connectivity index (χ3v) is 5.08. The largest absolute Gasteiger partial charge is 0.497 e. The molecule has 0 aliphatic rings. The van der Waals surface area contributed by atoms with Crippen LogP contribution in [-0.4, -0.2) is 20.5 Å². The number of aromatic nitrogens is 1. The fourth-order valence-corrected chi connectivity index (χ4v) is 3.43. The number of anilines is 1. The van der Waals surface area contributed by atoms with Crippen LogP contribution in [-0.2, 0) is 10.0 Å². The lowest BCUT2D eigenvalue weighted by atomic mass is 10.1. The Bertz CT molecular complexity index is 999. The molecule has 0 fully saturated rings. The maximum absolute atomic E-state index is 12.6. The molecule has 0 atom stereocenters. The summed E-state index contributed by atoms with van der Waals surface area (Å²) in [6.45, 7) is 0. The van der Waals surface area contributed by atoms with Crippen LogP contribution in [0.4, 0.5) is 5.69 Å². The third kappa shape index (κ3) is 4.29. The van der Waals surface area contributed by atoms with Gasteiger partial charge in [-0.3, -0.25) is 9.71 Å². The van der Waals surface area contributed by atoms with Gasteiger partial charge in [0.25, 0.3) is 10.0 Å². The Kier molecular flexibility index (Phi) is 5.34. The van der Waals surface area contributed by atoms with E-state index in [9.17, 15) is 8.42 Å². The normalized spacial score (nSPS) is 11.4. The first-order chi connectivity index (χ1) is 12.6. The van der Waals surface area contributed by atoms with Crippen LogP contribution in [0.25, 0.3) is 12.2 Å². The number of hydrogen-bond acceptors (Lipinski definition) is 4. The Morgan fingerprint density at radius 2 is 1.65 bits per heavy atom. The van der Waals surface area contributed by atoms with Crippen molar-refractivity contribution in [2.45, 2.75) is 4.90 Å². The zero-order valence-electron chi connectivity index (χ0n) is 14.2. The fraction of sp³-hybridized carbons (Fsp3) is 0.0500. The summed E-state index contributed by atoms with van der Waals surface area (Å²) in [6.07, 6.45) is 5.37. The van der Waals surface area contributed by atoms with Crippen molar-refractivity contribution < 1.29 is 13.2 Å². The number of benzene rings is 2. The number of hydrogen-bond donors (Lipinski definition) is 1. The molecule has 26 heavy (non-hydrogen) atoms. The SMILES string of the molecule is COc1ccc(S(=O)(=O)Nc2ccccc2/C=C/c2ccccn2)cc1. The number of nitrogens with zero attached hydrogens (tertiary/aromatic N) is 1. The molecule has 1 aromatic heterocycles. The van der Waals surface area contributed by atoms with Crippen LogP contribution in [0.1, 0.15) is 11.3 Å². The smallest absolute Gasteiger partial charge is 0.261 e. The molecular formula is C20H18N2O3S. The van der Waals surface area contributed by atoms with Gasteiger partial charge in [0.15, 0.2) is 0 Å². The monoisotopic (exact) mass is 366 g/mol. The highest BCUT2D eigenvalue weighted by Gasteiger charge is 2.15. The maximum Gasteiger partial charge on any atom is 0.261 e. The number of para-hydroxylation sites is 1. The predicted molar refractivity (Wildman–Crippen MR) is 103 cm³/mol. The minimum absolute atomic E-state index is 0.168. The van der Waals surface area contributed by atoms with Crippen LogP contribution in [0.2, 0.25) is 0 Å². The quantitative estimate of drug-likeness (QED) is 0.714. The molecule has 3 aromatic rings. The van der Waals surface area contributed by atoms with E-state index >= 15 is 0 Å². The lowest BCUT2D eigenvalue weighted by Crippen LogP contribution is -2.13. The van der Waals surface area contributed by atoms with Crippen LogP contribution in [0.15, 0.2) is 77.8 Å². The zero-order chi connectivity index (χ0) is 18.4. The third-order valence-electron chi connectivity index (χ3n) is 3.70. The molecule has 0 aliphatic heterocycles. The number of nitrogens with one attached hydrogen (secondary N) is 1. The summed E-state index contributed by atoms with van der Waals surface area (Å²) in [6, 6.07) is 19.0. The molecule has 1 heterocycles. The Hall–Kier alpha value is -3.12. The minimum Gasteiger partial charge on any atom is -0.497 e. The highest BCUT2D eigenvalue weighted by atomic mass is 32.2. The number of sulfonamides is 1. The van der Waals surface area contributed by atoms with Gasteiger partial charge in [0.05, 0.1) is 23.4 Å². The predicted octanol–water partition coefficient (Wildman–Crippen LogP) is 4.06. The van der Waals surface area contributed by atoms with Crippen molar-refractivity contribution in [2.24, 2.45) is 0 Å². The molecule has 0 bridgehead atoms. The number of rotatable bonds is 6. The number of methoxy groups -OCH3 is 1. The lowest BCUT2D eigenvalue weighted by Gasteiger charge is -2.11. The van der Waals surface area contributed by atoms with Crippen molar-refractivity contribution in [3.63, 3.8) is 0 Å². The molecule has 1 N–H and O–H groups in total. The molecule has 6 heteroatoms. The maximum atomic E-state index is 12.6. The summed E-state index contributed by atoms with van der Waals surface area (Å²) < 4.78 is 33.0. The fourth-order valence-electron chi connectivity index (χ4n) is 2.34. The molecule has 5 nitrogen and oxygen atoms in total. The first-order valence-corrected chi connectivity index (χ1v) is 9.42. The second-order valence-electron chi connectivity index (χ2n) is 5.46. The summed E-state index contributed by atoms with van der Waals surface area (Å²) >= 11 is 0. The van der Waals surface area contributed by atoms with Crippen LogP contribution in [0.3, 0.4) is 0 Å². The second-order valence-corrected chi connectivity index (χ2v) is 7.14. The molecule has 0 spiro atoms. The van der Waals surface area contributed by atoms with Crippen LogP contribution >= 0.6 is 0 Å². The lowest BCUT2D eigenvalue weighted by molar-refractivity contribution is 0.414. The van der Waals surface area contributed by atoms with Gasteiger partial charge in [-0.05, 0) is 54.1 Å². The van der Waals surface area contributed by atoms with E-state index in [4.69, 9.17) is 4.74 Å². The first-order valence-electron chi connectivity index (χ1n) is 7.93. The van der Waals surface area contributed by atoms with Crippen molar-refractivity contribution >= 4 is 27.9 Å². The molecule has 0 saturated heterocycles. The highest BCUT2D eigenvalue weighted by molar-refractivity contribution is 7.92. The molecular weight excluding hydrogens is 348 g/mol. The molecule has 0 unspecified atom stereocenters. The van der Waals surface area contributed by atoms with Gasteiger partial charge in [0.2, 0.25) is 0 Å². The Labute approximate surface area is 153 Å². The van der Waals surface area contributed by atoms with Crippen molar-refractivity contribution in [3.05, 3.63) is 84.2 Å². The van der Waals surface area contributed by atoms with E-state index < -0.39 is 10.0 Å². The van der Waals surface area contributed by atoms with Gasteiger partial charge in [-0.1, -0.05) is 30.3 Å². The van der Waals surface area contributed by atoms with Crippen molar-refractivity contribution in [1.29, 1.82) is 0 Å². The van der Waals surface area contributed by atoms with Gasteiger partial charge in [0.1, 0.15) is 5.75 Å². The van der Waals surface area contributed by atoms with Gasteiger partial charge < -0.3 is 4.74 Å².